The molecular weight excluding hydrogens is 183 g/mol. The number of hydrogen-bond donors (Lipinski definition) is 1. The van der Waals surface area contributed by atoms with Gasteiger partial charge in [0, 0.05) is 6.04 Å². The SMILES string of the molecule is CC(C)N1C(=O)NC2CCCC(F)C21. The van der Waals surface area contributed by atoms with Crippen LogP contribution in [0.5, 0.6) is 0 Å². The van der Waals surface area contributed by atoms with E-state index in [1.54, 1.807) is 4.90 Å². The van der Waals surface area contributed by atoms with Gasteiger partial charge in [0.25, 0.3) is 0 Å². The molecule has 14 heavy (non-hydrogen) atoms. The predicted octanol–water partition coefficient (Wildman–Crippen LogP) is 1.68. The molecule has 2 amide bonds. The Morgan fingerprint density at radius 2 is 2.21 bits per heavy atom. The summed E-state index contributed by atoms with van der Waals surface area (Å²) in [6, 6.07) is -0.203. The Balaban J connectivity index is 2.20. The van der Waals surface area contributed by atoms with Crippen LogP contribution in [0, 0.1) is 0 Å². The first-order valence-electron chi connectivity index (χ1n) is 5.34. The van der Waals surface area contributed by atoms with E-state index in [4.69, 9.17) is 0 Å². The molecule has 4 heteroatoms. The molecule has 1 saturated heterocycles. The number of fused-ring (bicyclic) bond motifs is 1. The molecule has 1 saturated carbocycles. The van der Waals surface area contributed by atoms with Crippen molar-refractivity contribution in [2.24, 2.45) is 0 Å². The topological polar surface area (TPSA) is 32.3 Å². The molecule has 0 aromatic heterocycles. The Morgan fingerprint density at radius 1 is 1.50 bits per heavy atom. The van der Waals surface area contributed by atoms with Gasteiger partial charge in [0.15, 0.2) is 0 Å². The highest BCUT2D eigenvalue weighted by Crippen LogP contribution is 2.31. The molecule has 3 atom stereocenters. The maximum Gasteiger partial charge on any atom is 0.318 e. The third-order valence-corrected chi connectivity index (χ3v) is 3.20. The zero-order valence-corrected chi connectivity index (χ0v) is 8.66. The summed E-state index contributed by atoms with van der Waals surface area (Å²) in [6.45, 7) is 3.87. The minimum Gasteiger partial charge on any atom is -0.333 e. The average molecular weight is 200 g/mol. The minimum atomic E-state index is -0.852. The van der Waals surface area contributed by atoms with E-state index >= 15 is 0 Å². The molecule has 0 aromatic rings. The molecule has 0 spiro atoms. The van der Waals surface area contributed by atoms with Crippen LogP contribution in [0.4, 0.5) is 9.18 Å². The van der Waals surface area contributed by atoms with Crippen molar-refractivity contribution in [3.05, 3.63) is 0 Å². The van der Waals surface area contributed by atoms with Gasteiger partial charge in [-0.25, -0.2) is 9.18 Å². The largest absolute Gasteiger partial charge is 0.333 e. The standard InChI is InChI=1S/C10H17FN2O/c1-6(2)13-9-7(11)4-3-5-8(9)12-10(13)14/h6-9H,3-5H2,1-2H3,(H,12,14). The number of carbonyl (C=O) groups excluding carboxylic acids is 1. The summed E-state index contributed by atoms with van der Waals surface area (Å²) < 4.78 is 13.7. The molecule has 0 radical (unpaired) electrons. The van der Waals surface area contributed by atoms with Crippen LogP contribution in [-0.2, 0) is 0 Å². The first-order valence-corrected chi connectivity index (χ1v) is 5.34. The zero-order valence-electron chi connectivity index (χ0n) is 8.66. The van der Waals surface area contributed by atoms with Gasteiger partial charge in [0.2, 0.25) is 0 Å². The van der Waals surface area contributed by atoms with Gasteiger partial charge in [-0.15, -0.1) is 0 Å². The van der Waals surface area contributed by atoms with E-state index in [-0.39, 0.29) is 24.2 Å². The van der Waals surface area contributed by atoms with Crippen LogP contribution in [0.15, 0.2) is 0 Å². The fourth-order valence-corrected chi connectivity index (χ4v) is 2.60. The fraction of sp³-hybridized carbons (Fsp3) is 0.900. The Morgan fingerprint density at radius 3 is 2.86 bits per heavy atom. The molecule has 2 rings (SSSR count). The van der Waals surface area contributed by atoms with Crippen LogP contribution >= 0.6 is 0 Å². The van der Waals surface area contributed by atoms with E-state index in [9.17, 15) is 9.18 Å². The number of urea groups is 1. The van der Waals surface area contributed by atoms with Crippen molar-refractivity contribution in [2.45, 2.75) is 57.4 Å². The number of rotatable bonds is 1. The third-order valence-electron chi connectivity index (χ3n) is 3.20. The first kappa shape index (κ1) is 9.74. The predicted molar refractivity (Wildman–Crippen MR) is 51.8 cm³/mol. The molecule has 3 nitrogen and oxygen atoms in total. The van der Waals surface area contributed by atoms with Gasteiger partial charge in [0.1, 0.15) is 6.17 Å². The van der Waals surface area contributed by atoms with Gasteiger partial charge in [0.05, 0.1) is 12.1 Å². The summed E-state index contributed by atoms with van der Waals surface area (Å²) >= 11 is 0. The van der Waals surface area contributed by atoms with E-state index in [2.05, 4.69) is 5.32 Å². The Kier molecular flexibility index (Phi) is 2.37. The Labute approximate surface area is 83.6 Å². The number of halogens is 1. The van der Waals surface area contributed by atoms with E-state index in [0.29, 0.717) is 6.42 Å². The lowest BCUT2D eigenvalue weighted by atomic mass is 9.89. The summed E-state index contributed by atoms with van der Waals surface area (Å²) in [5, 5.41) is 2.86. The van der Waals surface area contributed by atoms with Crippen LogP contribution in [0.25, 0.3) is 0 Å². The fourth-order valence-electron chi connectivity index (χ4n) is 2.60. The lowest BCUT2D eigenvalue weighted by Gasteiger charge is -2.34. The molecule has 80 valence electrons. The quantitative estimate of drug-likeness (QED) is 0.686. The lowest BCUT2D eigenvalue weighted by molar-refractivity contribution is 0.0980. The van der Waals surface area contributed by atoms with E-state index in [1.165, 1.54) is 0 Å². The molecule has 1 N–H and O–H groups in total. The molecule has 0 bridgehead atoms. The second-order valence-electron chi connectivity index (χ2n) is 4.49. The highest BCUT2D eigenvalue weighted by molar-refractivity contribution is 5.78. The van der Waals surface area contributed by atoms with Crippen molar-refractivity contribution in [2.75, 3.05) is 0 Å². The molecule has 2 aliphatic rings. The average Bonchev–Trinajstić information content (AvgIpc) is 2.42. The first-order chi connectivity index (χ1) is 6.61. The maximum atomic E-state index is 13.7. The van der Waals surface area contributed by atoms with Crippen LogP contribution < -0.4 is 5.32 Å². The summed E-state index contributed by atoms with van der Waals surface area (Å²) in [7, 11) is 0. The highest BCUT2D eigenvalue weighted by Gasteiger charge is 2.46. The number of nitrogens with one attached hydrogen (secondary N) is 1. The number of amides is 2. The molecule has 2 fully saturated rings. The summed E-state index contributed by atoms with van der Waals surface area (Å²) in [5.74, 6) is 0. The number of hydrogen-bond acceptors (Lipinski definition) is 1. The third kappa shape index (κ3) is 1.37. The Bertz CT molecular complexity index is 244. The van der Waals surface area contributed by atoms with Gasteiger partial charge >= 0.3 is 6.03 Å². The van der Waals surface area contributed by atoms with Crippen molar-refractivity contribution >= 4 is 6.03 Å². The number of carbonyl (C=O) groups is 1. The minimum absolute atomic E-state index is 0.0358. The molecule has 0 aromatic carbocycles. The van der Waals surface area contributed by atoms with Crippen LogP contribution in [0.1, 0.15) is 33.1 Å². The normalized spacial score (nSPS) is 37.3. The van der Waals surface area contributed by atoms with E-state index < -0.39 is 6.17 Å². The van der Waals surface area contributed by atoms with Crippen molar-refractivity contribution in [3.8, 4) is 0 Å². The van der Waals surface area contributed by atoms with E-state index in [0.717, 1.165) is 12.8 Å². The molecular formula is C10H17FN2O. The maximum absolute atomic E-state index is 13.7. The van der Waals surface area contributed by atoms with Crippen molar-refractivity contribution in [3.63, 3.8) is 0 Å². The van der Waals surface area contributed by atoms with Crippen LogP contribution in [0.3, 0.4) is 0 Å². The van der Waals surface area contributed by atoms with Gasteiger partial charge in [-0.3, -0.25) is 0 Å². The molecule has 1 heterocycles. The van der Waals surface area contributed by atoms with E-state index in [1.807, 2.05) is 13.8 Å². The van der Waals surface area contributed by atoms with Crippen molar-refractivity contribution in [1.29, 1.82) is 0 Å². The van der Waals surface area contributed by atoms with Crippen molar-refractivity contribution in [1.82, 2.24) is 10.2 Å². The summed E-state index contributed by atoms with van der Waals surface area (Å²) in [6.07, 6.45) is 1.55. The zero-order chi connectivity index (χ0) is 10.3. The second-order valence-corrected chi connectivity index (χ2v) is 4.49. The molecule has 3 unspecified atom stereocenters. The van der Waals surface area contributed by atoms with Crippen molar-refractivity contribution < 1.29 is 9.18 Å². The number of alkyl halides is 1. The smallest absolute Gasteiger partial charge is 0.318 e. The lowest BCUT2D eigenvalue weighted by Crippen LogP contribution is -2.49. The number of nitrogens with zero attached hydrogens (tertiary/aromatic N) is 1. The Hall–Kier alpha value is -0.800. The van der Waals surface area contributed by atoms with Crippen LogP contribution in [0.2, 0.25) is 0 Å². The van der Waals surface area contributed by atoms with Crippen LogP contribution in [-0.4, -0.2) is 35.2 Å². The second kappa shape index (κ2) is 3.41. The summed E-state index contributed by atoms with van der Waals surface area (Å²) in [4.78, 5) is 13.2. The van der Waals surface area contributed by atoms with Gasteiger partial charge in [-0.2, -0.15) is 0 Å². The molecule has 1 aliphatic heterocycles. The highest BCUT2D eigenvalue weighted by atomic mass is 19.1. The summed E-state index contributed by atoms with van der Waals surface area (Å²) in [5.41, 5.74) is 0. The van der Waals surface area contributed by atoms with Gasteiger partial charge in [-0.1, -0.05) is 0 Å². The van der Waals surface area contributed by atoms with Gasteiger partial charge in [-0.05, 0) is 33.1 Å². The monoisotopic (exact) mass is 200 g/mol. The molecule has 1 aliphatic carbocycles. The van der Waals surface area contributed by atoms with Gasteiger partial charge < -0.3 is 10.2 Å².